The predicted octanol–water partition coefficient (Wildman–Crippen LogP) is 2.78. The van der Waals surface area contributed by atoms with Crippen molar-refractivity contribution in [2.45, 2.75) is 37.9 Å². The monoisotopic (exact) mass is 214 g/mol. The van der Waals surface area contributed by atoms with Crippen molar-refractivity contribution >= 4 is 17.7 Å². The molecule has 1 aliphatic carbocycles. The zero-order valence-corrected chi connectivity index (χ0v) is 9.73. The molecule has 0 spiro atoms. The molecule has 0 saturated heterocycles. The molecule has 0 unspecified atom stereocenters. The summed E-state index contributed by atoms with van der Waals surface area (Å²) >= 11 is 1.96. The third kappa shape index (κ3) is 3.74. The van der Waals surface area contributed by atoms with Crippen LogP contribution in [0.25, 0.3) is 0 Å². The fourth-order valence-corrected chi connectivity index (χ4v) is 2.89. The van der Waals surface area contributed by atoms with Gasteiger partial charge in [0.2, 0.25) is 0 Å². The van der Waals surface area contributed by atoms with E-state index in [1.165, 1.54) is 32.8 Å². The summed E-state index contributed by atoms with van der Waals surface area (Å²) in [5, 5.41) is 0.816. The molecule has 0 aromatic carbocycles. The number of methoxy groups -OCH3 is 1. The number of carbonyl (C=O) groups excluding carboxylic acids is 1. The van der Waals surface area contributed by atoms with Gasteiger partial charge in [0, 0.05) is 16.6 Å². The lowest BCUT2D eigenvalue weighted by molar-refractivity contribution is -0.136. The lowest BCUT2D eigenvalue weighted by atomic mass is 10.3. The number of hydrogen-bond acceptors (Lipinski definition) is 3. The summed E-state index contributed by atoms with van der Waals surface area (Å²) in [6.45, 7) is 1.81. The Kier molecular flexibility index (Phi) is 5.09. The Morgan fingerprint density at radius 3 is 2.71 bits per heavy atom. The zero-order valence-electron chi connectivity index (χ0n) is 8.91. The Bertz CT molecular complexity index is 217. The van der Waals surface area contributed by atoms with Crippen LogP contribution in [0.3, 0.4) is 0 Å². The normalized spacial score (nSPS) is 18.6. The van der Waals surface area contributed by atoms with Gasteiger partial charge in [-0.1, -0.05) is 18.9 Å². The molecule has 0 aromatic rings. The number of rotatable bonds is 4. The Morgan fingerprint density at radius 2 is 2.14 bits per heavy atom. The predicted molar refractivity (Wildman–Crippen MR) is 60.5 cm³/mol. The molecule has 0 atom stereocenters. The van der Waals surface area contributed by atoms with E-state index in [1.54, 1.807) is 6.92 Å². The maximum absolute atomic E-state index is 11.0. The summed E-state index contributed by atoms with van der Waals surface area (Å²) in [4.78, 5) is 11.0. The zero-order chi connectivity index (χ0) is 10.4. The smallest absolute Gasteiger partial charge is 0.333 e. The van der Waals surface area contributed by atoms with Crippen LogP contribution in [0.2, 0.25) is 0 Å². The van der Waals surface area contributed by atoms with Crippen LogP contribution in [-0.4, -0.2) is 24.1 Å². The maximum atomic E-state index is 11.0. The number of esters is 1. The molecule has 1 rings (SSSR count). The first-order valence-electron chi connectivity index (χ1n) is 5.10. The van der Waals surface area contributed by atoms with Crippen molar-refractivity contribution in [2.24, 2.45) is 0 Å². The molecule has 2 nitrogen and oxygen atoms in total. The van der Waals surface area contributed by atoms with Crippen LogP contribution in [0.4, 0.5) is 0 Å². The van der Waals surface area contributed by atoms with Crippen LogP contribution in [0.5, 0.6) is 0 Å². The van der Waals surface area contributed by atoms with Gasteiger partial charge in [-0.25, -0.2) is 4.79 Å². The molecule has 3 heteroatoms. The Balaban J connectivity index is 2.21. The van der Waals surface area contributed by atoms with Crippen molar-refractivity contribution in [3.8, 4) is 0 Å². The minimum atomic E-state index is -0.211. The number of carbonyl (C=O) groups is 1. The van der Waals surface area contributed by atoms with Gasteiger partial charge < -0.3 is 4.74 Å². The van der Waals surface area contributed by atoms with E-state index in [-0.39, 0.29) is 5.97 Å². The molecular weight excluding hydrogens is 196 g/mol. The van der Waals surface area contributed by atoms with E-state index in [4.69, 9.17) is 0 Å². The van der Waals surface area contributed by atoms with Gasteiger partial charge in [0.05, 0.1) is 7.11 Å². The van der Waals surface area contributed by atoms with Crippen molar-refractivity contribution in [3.05, 3.63) is 11.6 Å². The quantitative estimate of drug-likeness (QED) is 0.531. The highest BCUT2D eigenvalue weighted by Gasteiger charge is 2.14. The third-order valence-corrected chi connectivity index (χ3v) is 3.83. The second-order valence-corrected chi connectivity index (χ2v) is 4.95. The molecule has 0 amide bonds. The topological polar surface area (TPSA) is 26.3 Å². The van der Waals surface area contributed by atoms with Crippen molar-refractivity contribution < 1.29 is 9.53 Å². The van der Waals surface area contributed by atoms with Crippen LogP contribution in [0, 0.1) is 0 Å². The van der Waals surface area contributed by atoms with Crippen LogP contribution < -0.4 is 0 Å². The van der Waals surface area contributed by atoms with Crippen LogP contribution in [0.1, 0.15) is 32.6 Å². The van der Waals surface area contributed by atoms with Gasteiger partial charge in [-0.05, 0) is 19.8 Å². The van der Waals surface area contributed by atoms with Gasteiger partial charge in [-0.2, -0.15) is 11.8 Å². The Morgan fingerprint density at radius 1 is 1.50 bits per heavy atom. The minimum Gasteiger partial charge on any atom is -0.466 e. The summed E-state index contributed by atoms with van der Waals surface area (Å²) in [5.41, 5.74) is 0.720. The molecule has 0 aromatic heterocycles. The summed E-state index contributed by atoms with van der Waals surface area (Å²) < 4.78 is 4.62. The molecule has 80 valence electrons. The van der Waals surface area contributed by atoms with E-state index in [1.807, 2.05) is 17.8 Å². The molecule has 0 aliphatic heterocycles. The molecule has 1 fully saturated rings. The second kappa shape index (κ2) is 6.12. The van der Waals surface area contributed by atoms with Crippen molar-refractivity contribution in [2.75, 3.05) is 12.9 Å². The van der Waals surface area contributed by atoms with Crippen LogP contribution in [-0.2, 0) is 9.53 Å². The molecule has 14 heavy (non-hydrogen) atoms. The van der Waals surface area contributed by atoms with Gasteiger partial charge in [0.1, 0.15) is 0 Å². The standard InChI is InChI=1S/C11H18O2S/c1-9(11(12)13-2)7-8-14-10-5-3-4-6-10/h7,10H,3-6,8H2,1-2H3. The molecule has 1 aliphatic rings. The SMILES string of the molecule is COC(=O)C(C)=CCSC1CCCC1. The summed E-state index contributed by atoms with van der Waals surface area (Å²) in [5.74, 6) is 0.725. The number of hydrogen-bond donors (Lipinski definition) is 0. The molecule has 1 saturated carbocycles. The fourth-order valence-electron chi connectivity index (χ4n) is 1.61. The van der Waals surface area contributed by atoms with Gasteiger partial charge >= 0.3 is 5.97 Å². The van der Waals surface area contributed by atoms with Gasteiger partial charge in [-0.15, -0.1) is 0 Å². The van der Waals surface area contributed by atoms with Gasteiger partial charge in [-0.3, -0.25) is 0 Å². The van der Waals surface area contributed by atoms with E-state index in [0.717, 1.165) is 16.6 Å². The van der Waals surface area contributed by atoms with E-state index in [9.17, 15) is 4.79 Å². The van der Waals surface area contributed by atoms with Crippen molar-refractivity contribution in [1.29, 1.82) is 0 Å². The second-order valence-electron chi connectivity index (χ2n) is 3.62. The number of ether oxygens (including phenoxy) is 1. The highest BCUT2D eigenvalue weighted by atomic mass is 32.2. The lowest BCUT2D eigenvalue weighted by Crippen LogP contribution is -2.02. The van der Waals surface area contributed by atoms with E-state index < -0.39 is 0 Å². The van der Waals surface area contributed by atoms with Crippen molar-refractivity contribution in [3.63, 3.8) is 0 Å². The first-order valence-corrected chi connectivity index (χ1v) is 6.15. The summed E-state index contributed by atoms with van der Waals surface area (Å²) in [6.07, 6.45) is 7.40. The van der Waals surface area contributed by atoms with E-state index in [0.29, 0.717) is 0 Å². The highest BCUT2D eigenvalue weighted by molar-refractivity contribution is 8.00. The Labute approximate surface area is 90.1 Å². The van der Waals surface area contributed by atoms with Gasteiger partial charge in [0.15, 0.2) is 0 Å². The minimum absolute atomic E-state index is 0.211. The Hall–Kier alpha value is -0.440. The van der Waals surface area contributed by atoms with Crippen molar-refractivity contribution in [1.82, 2.24) is 0 Å². The fraction of sp³-hybridized carbons (Fsp3) is 0.727. The third-order valence-electron chi connectivity index (χ3n) is 2.53. The molecule has 0 bridgehead atoms. The van der Waals surface area contributed by atoms with Crippen LogP contribution >= 0.6 is 11.8 Å². The van der Waals surface area contributed by atoms with Gasteiger partial charge in [0.25, 0.3) is 0 Å². The molecule has 0 N–H and O–H groups in total. The highest BCUT2D eigenvalue weighted by Crippen LogP contribution is 2.29. The summed E-state index contributed by atoms with van der Waals surface area (Å²) in [7, 11) is 1.42. The molecule has 0 heterocycles. The first kappa shape index (κ1) is 11.6. The molecule has 0 radical (unpaired) electrons. The summed E-state index contributed by atoms with van der Waals surface area (Å²) in [6, 6.07) is 0. The largest absolute Gasteiger partial charge is 0.466 e. The van der Waals surface area contributed by atoms with E-state index >= 15 is 0 Å². The average molecular weight is 214 g/mol. The number of thioether (sulfide) groups is 1. The maximum Gasteiger partial charge on any atom is 0.333 e. The lowest BCUT2D eigenvalue weighted by Gasteiger charge is -2.05. The van der Waals surface area contributed by atoms with Crippen LogP contribution in [0.15, 0.2) is 11.6 Å². The molecular formula is C11H18O2S. The first-order chi connectivity index (χ1) is 6.74. The average Bonchev–Trinajstić information content (AvgIpc) is 2.69. The van der Waals surface area contributed by atoms with E-state index in [2.05, 4.69) is 4.74 Å².